The smallest absolute Gasteiger partial charge is 0.275 e. The van der Waals surface area contributed by atoms with Crippen LogP contribution in [0.5, 0.6) is 5.75 Å². The van der Waals surface area contributed by atoms with Gasteiger partial charge in [0, 0.05) is 24.5 Å². The van der Waals surface area contributed by atoms with Gasteiger partial charge in [0.25, 0.3) is 5.56 Å². The lowest BCUT2D eigenvalue weighted by Crippen LogP contribution is -2.18. The topological polar surface area (TPSA) is 69.0 Å². The van der Waals surface area contributed by atoms with E-state index in [0.29, 0.717) is 27.3 Å². The predicted octanol–water partition coefficient (Wildman–Crippen LogP) is 3.74. The van der Waals surface area contributed by atoms with Crippen molar-refractivity contribution < 1.29 is 9.13 Å². The van der Waals surface area contributed by atoms with Crippen LogP contribution in [-0.2, 0) is 0 Å². The summed E-state index contributed by atoms with van der Waals surface area (Å²) >= 11 is 1.27. The second kappa shape index (κ2) is 6.81. The third-order valence-corrected chi connectivity index (χ3v) is 5.21. The molecule has 0 aliphatic rings. The Labute approximate surface area is 157 Å². The van der Waals surface area contributed by atoms with Crippen molar-refractivity contribution in [3.63, 3.8) is 0 Å². The first-order valence-electron chi connectivity index (χ1n) is 8.11. The zero-order chi connectivity index (χ0) is 19.0. The molecule has 0 fully saturated rings. The zero-order valence-corrected chi connectivity index (χ0v) is 15.2. The van der Waals surface area contributed by atoms with Crippen LogP contribution < -0.4 is 15.6 Å². The molecule has 0 aliphatic carbocycles. The molecule has 0 atom stereocenters. The van der Waals surface area contributed by atoms with Crippen LogP contribution in [0.25, 0.3) is 26.1 Å². The van der Waals surface area contributed by atoms with Crippen LogP contribution in [0.1, 0.15) is 0 Å². The number of thiophene rings is 1. The molecule has 0 unspecified atom stereocenters. The van der Waals surface area contributed by atoms with Crippen molar-refractivity contribution in [2.24, 2.45) is 0 Å². The number of pyridine rings is 1. The summed E-state index contributed by atoms with van der Waals surface area (Å²) in [5.41, 5.74) is 1.52. The molecule has 3 heterocycles. The van der Waals surface area contributed by atoms with Crippen molar-refractivity contribution in [1.82, 2.24) is 14.5 Å². The van der Waals surface area contributed by atoms with Gasteiger partial charge in [-0.3, -0.25) is 9.36 Å². The van der Waals surface area contributed by atoms with Crippen LogP contribution in [0.15, 0.2) is 54.2 Å². The highest BCUT2D eigenvalue weighted by Gasteiger charge is 2.16. The van der Waals surface area contributed by atoms with Gasteiger partial charge in [-0.1, -0.05) is 6.08 Å². The first kappa shape index (κ1) is 17.2. The van der Waals surface area contributed by atoms with E-state index in [0.717, 1.165) is 11.1 Å². The highest BCUT2D eigenvalue weighted by molar-refractivity contribution is 7.25. The molecule has 4 aromatic rings. The molecule has 0 spiro atoms. The second-order valence-electron chi connectivity index (χ2n) is 5.73. The number of halogens is 1. The molecule has 0 amide bonds. The van der Waals surface area contributed by atoms with Gasteiger partial charge in [0.05, 0.1) is 23.7 Å². The van der Waals surface area contributed by atoms with Crippen LogP contribution >= 0.6 is 11.3 Å². The van der Waals surface area contributed by atoms with E-state index in [4.69, 9.17) is 4.74 Å². The zero-order valence-electron chi connectivity index (χ0n) is 14.4. The minimum atomic E-state index is -0.545. The first-order valence-corrected chi connectivity index (χ1v) is 8.93. The van der Waals surface area contributed by atoms with Crippen LogP contribution in [0.2, 0.25) is 0 Å². The summed E-state index contributed by atoms with van der Waals surface area (Å²) in [5, 5.41) is 4.03. The molecular weight excluding hydrogens is 367 g/mol. The largest absolute Gasteiger partial charge is 0.494 e. The van der Waals surface area contributed by atoms with Crippen molar-refractivity contribution >= 4 is 37.5 Å². The molecule has 8 heteroatoms. The number of nitrogens with one attached hydrogen (secondary N) is 1. The summed E-state index contributed by atoms with van der Waals surface area (Å²) in [5.74, 6) is -0.430. The average molecular weight is 382 g/mol. The van der Waals surface area contributed by atoms with Gasteiger partial charge < -0.3 is 10.1 Å². The van der Waals surface area contributed by atoms with E-state index in [1.807, 2.05) is 6.07 Å². The van der Waals surface area contributed by atoms with Crippen molar-refractivity contribution in [3.8, 4) is 11.4 Å². The van der Waals surface area contributed by atoms with Gasteiger partial charge in [-0.15, -0.1) is 17.9 Å². The Morgan fingerprint density at radius 2 is 2.22 bits per heavy atom. The summed E-state index contributed by atoms with van der Waals surface area (Å²) in [6, 6.07) is 6.17. The Balaban J connectivity index is 1.93. The van der Waals surface area contributed by atoms with Gasteiger partial charge in [0.1, 0.15) is 15.9 Å². The SMILES string of the molecule is C=CCNc1ccnc2sc3c(=O)n(-c4ccc(OC)c(F)c4)cnc3c12. The average Bonchev–Trinajstić information content (AvgIpc) is 3.07. The molecule has 136 valence electrons. The second-order valence-corrected chi connectivity index (χ2v) is 6.73. The van der Waals surface area contributed by atoms with Crippen molar-refractivity contribution in [3.05, 3.63) is 65.6 Å². The Morgan fingerprint density at radius 1 is 1.37 bits per heavy atom. The van der Waals surface area contributed by atoms with Crippen LogP contribution in [0.3, 0.4) is 0 Å². The lowest BCUT2D eigenvalue weighted by atomic mass is 10.2. The van der Waals surface area contributed by atoms with E-state index in [-0.39, 0.29) is 11.3 Å². The molecule has 27 heavy (non-hydrogen) atoms. The van der Waals surface area contributed by atoms with Crippen molar-refractivity contribution in [2.45, 2.75) is 0 Å². The van der Waals surface area contributed by atoms with Crippen LogP contribution in [0.4, 0.5) is 10.1 Å². The molecule has 4 rings (SSSR count). The summed E-state index contributed by atoms with van der Waals surface area (Å²) in [6.07, 6.45) is 4.84. The number of hydrogen-bond acceptors (Lipinski definition) is 6. The maximum Gasteiger partial charge on any atom is 0.275 e. The number of ether oxygens (including phenoxy) is 1. The maximum absolute atomic E-state index is 14.0. The summed E-state index contributed by atoms with van der Waals surface area (Å²) in [7, 11) is 1.39. The molecule has 1 N–H and O–H groups in total. The van der Waals surface area contributed by atoms with E-state index in [1.54, 1.807) is 18.3 Å². The highest BCUT2D eigenvalue weighted by atomic mass is 32.1. The number of nitrogens with zero attached hydrogens (tertiary/aromatic N) is 3. The number of hydrogen-bond donors (Lipinski definition) is 1. The maximum atomic E-state index is 14.0. The normalized spacial score (nSPS) is 11.0. The predicted molar refractivity (Wildman–Crippen MR) is 106 cm³/mol. The Hall–Kier alpha value is -3.26. The van der Waals surface area contributed by atoms with E-state index in [2.05, 4.69) is 21.9 Å². The molecule has 0 aliphatic heterocycles. The van der Waals surface area contributed by atoms with Gasteiger partial charge in [-0.25, -0.2) is 14.4 Å². The van der Waals surface area contributed by atoms with Gasteiger partial charge in [0.15, 0.2) is 11.6 Å². The Morgan fingerprint density at radius 3 is 2.96 bits per heavy atom. The number of benzene rings is 1. The fourth-order valence-electron chi connectivity index (χ4n) is 2.87. The fourth-order valence-corrected chi connectivity index (χ4v) is 3.92. The number of fused-ring (bicyclic) bond motifs is 3. The van der Waals surface area contributed by atoms with E-state index >= 15 is 0 Å². The molecule has 1 aromatic carbocycles. The quantitative estimate of drug-likeness (QED) is 0.533. The van der Waals surface area contributed by atoms with E-state index < -0.39 is 5.82 Å². The number of anilines is 1. The minimum absolute atomic E-state index is 0.116. The van der Waals surface area contributed by atoms with Crippen LogP contribution in [0, 0.1) is 5.82 Å². The number of methoxy groups -OCH3 is 1. The monoisotopic (exact) mass is 382 g/mol. The van der Waals surface area contributed by atoms with Crippen molar-refractivity contribution in [2.75, 3.05) is 19.0 Å². The Kier molecular flexibility index (Phi) is 4.33. The number of rotatable bonds is 5. The summed E-state index contributed by atoms with van der Waals surface area (Å²) in [6.45, 7) is 4.28. The van der Waals surface area contributed by atoms with Gasteiger partial charge in [-0.2, -0.15) is 0 Å². The van der Waals surface area contributed by atoms with E-state index in [9.17, 15) is 9.18 Å². The molecule has 6 nitrogen and oxygen atoms in total. The molecule has 0 bridgehead atoms. The lowest BCUT2D eigenvalue weighted by molar-refractivity contribution is 0.386. The van der Waals surface area contributed by atoms with Gasteiger partial charge >= 0.3 is 0 Å². The number of aromatic nitrogens is 3. The molecule has 0 radical (unpaired) electrons. The Bertz CT molecular complexity index is 1230. The molecule has 0 saturated heterocycles. The van der Waals surface area contributed by atoms with Gasteiger partial charge in [-0.05, 0) is 18.2 Å². The third-order valence-electron chi connectivity index (χ3n) is 4.13. The van der Waals surface area contributed by atoms with Crippen LogP contribution in [-0.4, -0.2) is 28.2 Å². The van der Waals surface area contributed by atoms with Gasteiger partial charge in [0.2, 0.25) is 0 Å². The standard InChI is InChI=1S/C19H15FN4O2S/c1-3-7-21-13-6-8-22-18-15(13)16-17(27-18)19(25)24(10-23-16)11-4-5-14(26-2)12(20)9-11/h3-6,8-10H,1,7H2,2H3,(H,21,22). The highest BCUT2D eigenvalue weighted by Crippen LogP contribution is 2.34. The molecule has 0 saturated carbocycles. The van der Waals surface area contributed by atoms with Crippen molar-refractivity contribution in [1.29, 1.82) is 0 Å². The first-order chi connectivity index (χ1) is 13.1. The van der Waals surface area contributed by atoms with E-state index in [1.165, 1.54) is 41.5 Å². The summed E-state index contributed by atoms with van der Waals surface area (Å²) in [4.78, 5) is 22.5. The minimum Gasteiger partial charge on any atom is -0.494 e. The summed E-state index contributed by atoms with van der Waals surface area (Å²) < 4.78 is 20.7. The third kappa shape index (κ3) is 2.83. The fraction of sp³-hybridized carbons (Fsp3) is 0.105. The molecular formula is C19H15FN4O2S. The lowest BCUT2D eigenvalue weighted by Gasteiger charge is -2.08. The molecule has 3 aromatic heterocycles.